The van der Waals surface area contributed by atoms with Crippen molar-refractivity contribution in [3.05, 3.63) is 0 Å². The molecule has 0 fully saturated rings. The number of rotatable bonds is 6. The molecule has 0 aliphatic rings. The van der Waals surface area contributed by atoms with Crippen LogP contribution in [0.1, 0.15) is 13.8 Å². The van der Waals surface area contributed by atoms with Crippen LogP contribution in [-0.2, 0) is 9.53 Å². The Labute approximate surface area is 98.5 Å². The van der Waals surface area contributed by atoms with Crippen LogP contribution in [0.2, 0.25) is 0 Å². The number of urea groups is 1. The largest absolute Gasteiger partial charge is 0.480 e. The topological polar surface area (TPSA) is 131 Å². The Kier molecular flexibility index (Phi) is 6.46. The van der Waals surface area contributed by atoms with Crippen molar-refractivity contribution in [3.8, 4) is 0 Å². The van der Waals surface area contributed by atoms with Gasteiger partial charge < -0.3 is 26.2 Å². The van der Waals surface area contributed by atoms with Gasteiger partial charge in [0.15, 0.2) is 0 Å². The molecule has 0 radical (unpaired) electrons. The highest BCUT2D eigenvalue weighted by Crippen LogP contribution is 2.00. The first-order valence-electron chi connectivity index (χ1n) is 5.04. The molecule has 8 nitrogen and oxygen atoms in total. The van der Waals surface area contributed by atoms with Crippen LogP contribution < -0.4 is 16.4 Å². The Bertz CT molecular complexity index is 292. The molecule has 5 N–H and O–H groups in total. The molecule has 8 heteroatoms. The van der Waals surface area contributed by atoms with E-state index in [-0.39, 0.29) is 19.1 Å². The van der Waals surface area contributed by atoms with Crippen LogP contribution in [0.4, 0.5) is 9.59 Å². The Morgan fingerprint density at radius 3 is 2.35 bits per heavy atom. The summed E-state index contributed by atoms with van der Waals surface area (Å²) in [5.41, 5.74) is 4.70. The fourth-order valence-corrected chi connectivity index (χ4v) is 1.02. The number of carbonyl (C=O) groups excluding carboxylic acids is 2. The van der Waals surface area contributed by atoms with E-state index < -0.39 is 24.1 Å². The highest BCUT2D eigenvalue weighted by molar-refractivity contribution is 5.82. The minimum atomic E-state index is -1.11. The lowest BCUT2D eigenvalue weighted by Crippen LogP contribution is -2.49. The Morgan fingerprint density at radius 2 is 1.94 bits per heavy atom. The molecule has 1 atom stereocenters. The van der Waals surface area contributed by atoms with Crippen molar-refractivity contribution in [2.75, 3.05) is 13.2 Å². The van der Waals surface area contributed by atoms with Gasteiger partial charge in [-0.15, -0.1) is 0 Å². The van der Waals surface area contributed by atoms with E-state index in [0.717, 1.165) is 0 Å². The molecule has 0 aromatic rings. The van der Waals surface area contributed by atoms with Gasteiger partial charge in [0.25, 0.3) is 0 Å². The number of primary amides is 1. The average Bonchev–Trinajstić information content (AvgIpc) is 2.19. The van der Waals surface area contributed by atoms with Gasteiger partial charge in [-0.05, 0) is 5.92 Å². The van der Waals surface area contributed by atoms with E-state index in [4.69, 9.17) is 10.8 Å². The molecule has 0 rings (SSSR count). The number of amides is 3. The number of carboxylic acid groups (broad SMARTS) is 1. The second-order valence-corrected chi connectivity index (χ2v) is 3.63. The minimum Gasteiger partial charge on any atom is -0.480 e. The first-order chi connectivity index (χ1) is 7.84. The first-order valence-corrected chi connectivity index (χ1v) is 5.04. The molecule has 98 valence electrons. The van der Waals surface area contributed by atoms with Crippen LogP contribution in [0.25, 0.3) is 0 Å². The zero-order valence-corrected chi connectivity index (χ0v) is 9.73. The number of hydrogen-bond donors (Lipinski definition) is 4. The van der Waals surface area contributed by atoms with E-state index >= 15 is 0 Å². The van der Waals surface area contributed by atoms with Gasteiger partial charge in [-0.1, -0.05) is 13.8 Å². The maximum atomic E-state index is 11.2. The SMILES string of the molecule is CC(C)[C@@H](NC(=O)NCCOC(N)=O)C(=O)O. The molecule has 0 aliphatic heterocycles. The van der Waals surface area contributed by atoms with Gasteiger partial charge >= 0.3 is 18.1 Å². The minimum absolute atomic E-state index is 0.0548. The van der Waals surface area contributed by atoms with Crippen molar-refractivity contribution in [1.29, 1.82) is 0 Å². The summed E-state index contributed by atoms with van der Waals surface area (Å²) in [5, 5.41) is 13.4. The lowest BCUT2D eigenvalue weighted by atomic mass is 10.1. The smallest absolute Gasteiger partial charge is 0.404 e. The molecule has 0 saturated carbocycles. The van der Waals surface area contributed by atoms with Crippen molar-refractivity contribution < 1.29 is 24.2 Å². The van der Waals surface area contributed by atoms with E-state index in [1.54, 1.807) is 13.8 Å². The van der Waals surface area contributed by atoms with E-state index in [1.807, 2.05) is 0 Å². The van der Waals surface area contributed by atoms with Gasteiger partial charge in [-0.3, -0.25) is 0 Å². The normalized spacial score (nSPS) is 11.7. The predicted octanol–water partition coefficient (Wildman–Crippen LogP) is -0.510. The highest BCUT2D eigenvalue weighted by atomic mass is 16.5. The molecule has 3 amide bonds. The van der Waals surface area contributed by atoms with Crippen molar-refractivity contribution in [3.63, 3.8) is 0 Å². The van der Waals surface area contributed by atoms with Gasteiger partial charge in [0, 0.05) is 0 Å². The summed E-state index contributed by atoms with van der Waals surface area (Å²) in [6.45, 7) is 3.34. The van der Waals surface area contributed by atoms with E-state index in [9.17, 15) is 14.4 Å². The highest BCUT2D eigenvalue weighted by Gasteiger charge is 2.22. The zero-order chi connectivity index (χ0) is 13.4. The van der Waals surface area contributed by atoms with Crippen molar-refractivity contribution in [2.24, 2.45) is 11.7 Å². The number of nitrogens with one attached hydrogen (secondary N) is 2. The van der Waals surface area contributed by atoms with Crippen molar-refractivity contribution in [2.45, 2.75) is 19.9 Å². The summed E-state index contributed by atoms with van der Waals surface area (Å²) in [5.74, 6) is -1.34. The lowest BCUT2D eigenvalue weighted by Gasteiger charge is -2.18. The van der Waals surface area contributed by atoms with Crippen LogP contribution in [0.3, 0.4) is 0 Å². The monoisotopic (exact) mass is 247 g/mol. The number of ether oxygens (including phenoxy) is 1. The number of carbonyl (C=O) groups is 3. The first kappa shape index (κ1) is 15.0. The maximum absolute atomic E-state index is 11.2. The third-order valence-corrected chi connectivity index (χ3v) is 1.85. The summed E-state index contributed by atoms with van der Waals surface area (Å²) in [4.78, 5) is 32.2. The molecule has 0 unspecified atom stereocenters. The molecule has 0 bridgehead atoms. The number of nitrogens with two attached hydrogens (primary N) is 1. The fourth-order valence-electron chi connectivity index (χ4n) is 1.02. The number of carboxylic acids is 1. The standard InChI is InChI=1S/C9H17N3O5/c1-5(2)6(7(13)14)12-9(16)11-3-4-17-8(10)15/h5-6H,3-4H2,1-2H3,(H2,10,15)(H,13,14)(H2,11,12,16)/t6-/m1/s1. The molecule has 0 aromatic heterocycles. The summed E-state index contributed by atoms with van der Waals surface area (Å²) in [6, 6.07) is -1.61. The van der Waals surface area contributed by atoms with Gasteiger partial charge in [-0.2, -0.15) is 0 Å². The maximum Gasteiger partial charge on any atom is 0.404 e. The molecular weight excluding hydrogens is 230 g/mol. The van der Waals surface area contributed by atoms with Gasteiger partial charge in [-0.25, -0.2) is 14.4 Å². The van der Waals surface area contributed by atoms with E-state index in [2.05, 4.69) is 15.4 Å². The third-order valence-electron chi connectivity index (χ3n) is 1.85. The lowest BCUT2D eigenvalue weighted by molar-refractivity contribution is -0.140. The number of aliphatic carboxylic acids is 1. The van der Waals surface area contributed by atoms with Gasteiger partial charge in [0.2, 0.25) is 0 Å². The average molecular weight is 247 g/mol. The summed E-state index contributed by atoms with van der Waals surface area (Å²) < 4.78 is 4.37. The van der Waals surface area contributed by atoms with Crippen LogP contribution >= 0.6 is 0 Å². The van der Waals surface area contributed by atoms with Gasteiger partial charge in [0.1, 0.15) is 12.6 Å². The summed E-state index contributed by atoms with van der Waals surface area (Å²) >= 11 is 0. The summed E-state index contributed by atoms with van der Waals surface area (Å²) in [6.07, 6.45) is -0.933. The van der Waals surface area contributed by atoms with Crippen molar-refractivity contribution >= 4 is 18.1 Å². The fraction of sp³-hybridized carbons (Fsp3) is 0.667. The quantitative estimate of drug-likeness (QED) is 0.469. The van der Waals surface area contributed by atoms with E-state index in [1.165, 1.54) is 0 Å². The Morgan fingerprint density at radius 1 is 1.35 bits per heavy atom. The summed E-state index contributed by atoms with van der Waals surface area (Å²) in [7, 11) is 0. The van der Waals surface area contributed by atoms with Crippen LogP contribution in [0.5, 0.6) is 0 Å². The third kappa shape index (κ3) is 6.98. The molecule has 0 spiro atoms. The Balaban J connectivity index is 3.91. The molecular formula is C9H17N3O5. The second-order valence-electron chi connectivity index (χ2n) is 3.63. The van der Waals surface area contributed by atoms with Gasteiger partial charge in [0.05, 0.1) is 6.54 Å². The van der Waals surface area contributed by atoms with E-state index in [0.29, 0.717) is 0 Å². The molecule has 0 aromatic carbocycles. The Hall–Kier alpha value is -1.99. The molecule has 0 aliphatic carbocycles. The van der Waals surface area contributed by atoms with Crippen LogP contribution in [0, 0.1) is 5.92 Å². The van der Waals surface area contributed by atoms with Crippen LogP contribution in [0.15, 0.2) is 0 Å². The number of hydrogen-bond acceptors (Lipinski definition) is 4. The van der Waals surface area contributed by atoms with Crippen LogP contribution in [-0.4, -0.2) is 42.4 Å². The molecule has 0 heterocycles. The zero-order valence-electron chi connectivity index (χ0n) is 9.73. The molecule has 17 heavy (non-hydrogen) atoms. The predicted molar refractivity (Wildman–Crippen MR) is 58.3 cm³/mol. The second kappa shape index (κ2) is 7.31. The molecule has 0 saturated heterocycles. The van der Waals surface area contributed by atoms with Crippen molar-refractivity contribution in [1.82, 2.24) is 10.6 Å².